The summed E-state index contributed by atoms with van der Waals surface area (Å²) in [7, 11) is 0. The van der Waals surface area contributed by atoms with Crippen molar-refractivity contribution in [3.63, 3.8) is 0 Å². The molecule has 1 aliphatic rings. The first-order chi connectivity index (χ1) is 8.25. The molecule has 1 fully saturated rings. The second kappa shape index (κ2) is 7.65. The molecule has 0 aliphatic carbocycles. The highest BCUT2D eigenvalue weighted by Gasteiger charge is 2.25. The maximum Gasteiger partial charge on any atom is 0.414 e. The zero-order chi connectivity index (χ0) is 14.3. The van der Waals surface area contributed by atoms with E-state index in [0.717, 1.165) is 4.90 Å². The third-order valence-corrected chi connectivity index (χ3v) is 2.35. The number of likely N-dealkylation sites (tertiary alicyclic amines) is 1. The van der Waals surface area contributed by atoms with Gasteiger partial charge in [-0.1, -0.05) is 13.8 Å². The number of carbonyl (C=O) groups is 3. The minimum absolute atomic E-state index is 0.275. The Morgan fingerprint density at radius 1 is 1.39 bits per heavy atom. The van der Waals surface area contributed by atoms with Gasteiger partial charge >= 0.3 is 12.1 Å². The van der Waals surface area contributed by atoms with Gasteiger partial charge in [-0.15, -0.1) is 0 Å². The molecule has 0 aromatic heterocycles. The molecule has 0 spiro atoms. The smallest absolute Gasteiger partial charge is 0.414 e. The van der Waals surface area contributed by atoms with Gasteiger partial charge in [0.25, 0.3) is 0 Å². The number of imide groups is 1. The van der Waals surface area contributed by atoms with Crippen LogP contribution >= 0.6 is 0 Å². The summed E-state index contributed by atoms with van der Waals surface area (Å²) >= 11 is 0. The molecule has 0 aromatic rings. The minimum atomic E-state index is -1.13. The average Bonchev–Trinajstić information content (AvgIpc) is 2.64. The van der Waals surface area contributed by atoms with E-state index < -0.39 is 18.1 Å². The minimum Gasteiger partial charge on any atom is -0.480 e. The van der Waals surface area contributed by atoms with Crippen molar-refractivity contribution >= 4 is 18.0 Å². The summed E-state index contributed by atoms with van der Waals surface area (Å²) < 4.78 is 0. The summed E-state index contributed by atoms with van der Waals surface area (Å²) in [6.07, 6.45) is 0.477. The maximum absolute atomic E-state index is 10.6. The second-order valence-corrected chi connectivity index (χ2v) is 4.51. The Labute approximate surface area is 106 Å². The summed E-state index contributed by atoms with van der Waals surface area (Å²) in [5.41, 5.74) is 5.22. The summed E-state index contributed by atoms with van der Waals surface area (Å²) in [6, 6.07) is -0.690. The number of nitrogens with two attached hydrogens (primary N) is 1. The lowest BCUT2D eigenvalue weighted by Crippen LogP contribution is -2.31. The zero-order valence-electron chi connectivity index (χ0n) is 10.6. The molecule has 0 bridgehead atoms. The molecular weight excluding hydrogens is 240 g/mol. The van der Waals surface area contributed by atoms with Crippen molar-refractivity contribution in [2.75, 3.05) is 6.54 Å². The van der Waals surface area contributed by atoms with Crippen LogP contribution in [-0.4, -0.2) is 45.7 Å². The van der Waals surface area contributed by atoms with Gasteiger partial charge in [-0.25, -0.2) is 9.69 Å². The standard InChI is InChI=1S/C6H13NO2.C5H7NO3/c1-4(2)3-5(7)6(8)9;7-4-2-1-3-6(4)5(8)9/h4-5H,3,7H2,1-2H3,(H,8,9);1-3H2,(H,8,9). The second-order valence-electron chi connectivity index (χ2n) is 4.51. The molecule has 18 heavy (non-hydrogen) atoms. The lowest BCUT2D eigenvalue weighted by molar-refractivity contribution is -0.138. The van der Waals surface area contributed by atoms with Gasteiger partial charge < -0.3 is 15.9 Å². The van der Waals surface area contributed by atoms with Gasteiger partial charge in [-0.2, -0.15) is 0 Å². The molecule has 2 amide bonds. The number of carboxylic acid groups (broad SMARTS) is 2. The topological polar surface area (TPSA) is 121 Å². The van der Waals surface area contributed by atoms with Crippen molar-refractivity contribution in [2.45, 2.75) is 39.2 Å². The number of rotatable bonds is 3. The van der Waals surface area contributed by atoms with Crippen molar-refractivity contribution in [1.82, 2.24) is 4.90 Å². The fourth-order valence-electron chi connectivity index (χ4n) is 1.46. The molecule has 1 rings (SSSR count). The molecule has 7 nitrogen and oxygen atoms in total. The number of nitrogens with zero attached hydrogens (tertiary/aromatic N) is 1. The monoisotopic (exact) mass is 260 g/mol. The first kappa shape index (κ1) is 16.4. The highest BCUT2D eigenvalue weighted by Crippen LogP contribution is 2.08. The molecule has 1 unspecified atom stereocenters. The Bertz CT molecular complexity index is 317. The molecule has 0 radical (unpaired) electrons. The first-order valence-electron chi connectivity index (χ1n) is 5.77. The van der Waals surface area contributed by atoms with Crippen LogP contribution in [0.15, 0.2) is 0 Å². The van der Waals surface area contributed by atoms with E-state index in [1.165, 1.54) is 0 Å². The third-order valence-electron chi connectivity index (χ3n) is 2.35. The molecule has 0 aromatic carbocycles. The van der Waals surface area contributed by atoms with Crippen molar-refractivity contribution in [2.24, 2.45) is 11.7 Å². The number of carboxylic acids is 1. The van der Waals surface area contributed by atoms with E-state index in [2.05, 4.69) is 0 Å². The summed E-state index contributed by atoms with van der Waals surface area (Å²) in [4.78, 5) is 31.6. The first-order valence-corrected chi connectivity index (χ1v) is 5.77. The van der Waals surface area contributed by atoms with Crippen molar-refractivity contribution in [3.05, 3.63) is 0 Å². The van der Waals surface area contributed by atoms with Gasteiger partial charge in [0.1, 0.15) is 6.04 Å². The predicted octanol–water partition coefficient (Wildman–Crippen LogP) is 0.731. The van der Waals surface area contributed by atoms with Gasteiger partial charge in [0, 0.05) is 13.0 Å². The van der Waals surface area contributed by atoms with Crippen LogP contribution in [0.1, 0.15) is 33.1 Å². The number of carbonyl (C=O) groups excluding carboxylic acids is 1. The number of amides is 2. The van der Waals surface area contributed by atoms with E-state index in [0.29, 0.717) is 31.7 Å². The molecular formula is C11H20N2O5. The van der Waals surface area contributed by atoms with Crippen LogP contribution in [0.2, 0.25) is 0 Å². The molecule has 104 valence electrons. The Balaban J connectivity index is 0.000000321. The van der Waals surface area contributed by atoms with Gasteiger partial charge in [0.2, 0.25) is 5.91 Å². The largest absolute Gasteiger partial charge is 0.480 e. The van der Waals surface area contributed by atoms with Gasteiger partial charge in [0.15, 0.2) is 0 Å². The van der Waals surface area contributed by atoms with Crippen LogP contribution in [0.5, 0.6) is 0 Å². The molecule has 1 atom stereocenters. The van der Waals surface area contributed by atoms with Crippen molar-refractivity contribution in [3.8, 4) is 0 Å². The van der Waals surface area contributed by atoms with Gasteiger partial charge in [-0.05, 0) is 18.8 Å². The highest BCUT2D eigenvalue weighted by atomic mass is 16.4. The molecule has 7 heteroatoms. The Morgan fingerprint density at radius 2 is 1.94 bits per heavy atom. The van der Waals surface area contributed by atoms with Crippen LogP contribution in [0.3, 0.4) is 0 Å². The summed E-state index contributed by atoms with van der Waals surface area (Å²) in [6.45, 7) is 4.26. The van der Waals surface area contributed by atoms with Crippen molar-refractivity contribution in [1.29, 1.82) is 0 Å². The predicted molar refractivity (Wildman–Crippen MR) is 64.0 cm³/mol. The van der Waals surface area contributed by atoms with E-state index in [9.17, 15) is 14.4 Å². The lowest BCUT2D eigenvalue weighted by atomic mass is 10.1. The molecule has 1 heterocycles. The zero-order valence-corrected chi connectivity index (χ0v) is 10.6. The van der Waals surface area contributed by atoms with E-state index >= 15 is 0 Å². The fraction of sp³-hybridized carbons (Fsp3) is 0.727. The van der Waals surface area contributed by atoms with Gasteiger partial charge in [0.05, 0.1) is 0 Å². The van der Waals surface area contributed by atoms with Crippen LogP contribution in [0.25, 0.3) is 0 Å². The molecule has 0 saturated carbocycles. The van der Waals surface area contributed by atoms with Crippen LogP contribution in [0, 0.1) is 5.92 Å². The Morgan fingerprint density at radius 3 is 2.11 bits per heavy atom. The quantitative estimate of drug-likeness (QED) is 0.687. The van der Waals surface area contributed by atoms with Crippen LogP contribution in [0.4, 0.5) is 4.79 Å². The fourth-order valence-corrected chi connectivity index (χ4v) is 1.46. The Kier molecular flexibility index (Phi) is 6.96. The number of aliphatic carboxylic acids is 1. The van der Waals surface area contributed by atoms with Gasteiger partial charge in [-0.3, -0.25) is 9.59 Å². The Hall–Kier alpha value is -1.63. The van der Waals surface area contributed by atoms with E-state index in [1.54, 1.807) is 0 Å². The van der Waals surface area contributed by atoms with Crippen molar-refractivity contribution < 1.29 is 24.6 Å². The average molecular weight is 260 g/mol. The highest BCUT2D eigenvalue weighted by molar-refractivity contribution is 5.92. The third kappa shape index (κ3) is 6.19. The lowest BCUT2D eigenvalue weighted by Gasteiger charge is -2.07. The summed E-state index contributed by atoms with van der Waals surface area (Å²) in [5.74, 6) is -0.831. The normalized spacial score (nSPS) is 16.2. The van der Waals surface area contributed by atoms with Crippen LogP contribution < -0.4 is 5.73 Å². The molecule has 1 saturated heterocycles. The SMILES string of the molecule is CC(C)CC(N)C(=O)O.O=C(O)N1CCCC1=O. The van der Waals surface area contributed by atoms with E-state index in [4.69, 9.17) is 15.9 Å². The van der Waals surface area contributed by atoms with E-state index in [1.807, 2.05) is 13.8 Å². The molecule has 4 N–H and O–H groups in total. The molecule has 1 aliphatic heterocycles. The van der Waals surface area contributed by atoms with E-state index in [-0.39, 0.29) is 5.91 Å². The number of hydrogen-bond acceptors (Lipinski definition) is 4. The summed E-state index contributed by atoms with van der Waals surface area (Å²) in [5, 5.41) is 16.6. The number of hydrogen-bond donors (Lipinski definition) is 3. The maximum atomic E-state index is 10.6. The van der Waals surface area contributed by atoms with Crippen LogP contribution in [-0.2, 0) is 9.59 Å².